The molecule has 0 spiro atoms. The van der Waals surface area contributed by atoms with Crippen LogP contribution in [0.1, 0.15) is 34.8 Å². The molecule has 1 amide bonds. The predicted molar refractivity (Wildman–Crippen MR) is 93.8 cm³/mol. The van der Waals surface area contributed by atoms with Gasteiger partial charge in [-0.05, 0) is 43.7 Å². The van der Waals surface area contributed by atoms with Crippen LogP contribution in [-0.4, -0.2) is 24.8 Å². The van der Waals surface area contributed by atoms with Gasteiger partial charge in [-0.2, -0.15) is 0 Å². The Hall–Kier alpha value is -2.62. The number of carbonyl (C=O) groups excluding carboxylic acids is 2. The highest BCUT2D eigenvalue weighted by atomic mass is 16.5. The minimum Gasteiger partial charge on any atom is -0.494 e. The number of fused-ring (bicyclic) bond motifs is 1. The van der Waals surface area contributed by atoms with Crippen LogP contribution in [0.3, 0.4) is 0 Å². The van der Waals surface area contributed by atoms with Gasteiger partial charge in [0.2, 0.25) is 5.91 Å². The van der Waals surface area contributed by atoms with E-state index < -0.39 is 0 Å². The first-order chi connectivity index (χ1) is 11.6. The van der Waals surface area contributed by atoms with Gasteiger partial charge in [-0.3, -0.25) is 9.59 Å². The number of benzene rings is 2. The molecule has 0 unspecified atom stereocenters. The predicted octanol–water partition coefficient (Wildman–Crippen LogP) is 3.56. The number of amides is 1. The zero-order valence-corrected chi connectivity index (χ0v) is 14.0. The molecule has 0 saturated carbocycles. The summed E-state index contributed by atoms with van der Waals surface area (Å²) in [7, 11) is 0. The molecule has 1 heterocycles. The molecule has 0 aromatic heterocycles. The second kappa shape index (κ2) is 6.87. The van der Waals surface area contributed by atoms with E-state index in [-0.39, 0.29) is 11.7 Å². The molecule has 2 aromatic rings. The number of aryl methyl sites for hydroxylation is 1. The second-order valence-electron chi connectivity index (χ2n) is 5.99. The third-order valence-corrected chi connectivity index (χ3v) is 4.20. The standard InChI is InChI=1S/C20H21NO3/c1-3-24-16-7-5-15(6-8-16)13-20(23)21-11-10-19(22)17-12-14(2)4-9-18(17)21/h4-9,12H,3,10-11,13H2,1-2H3. The Morgan fingerprint density at radius 1 is 1.17 bits per heavy atom. The summed E-state index contributed by atoms with van der Waals surface area (Å²) in [6.07, 6.45) is 0.694. The number of rotatable bonds is 4. The molecule has 4 heteroatoms. The molecular formula is C20H21NO3. The Morgan fingerprint density at radius 2 is 1.92 bits per heavy atom. The van der Waals surface area contributed by atoms with Crippen LogP contribution in [-0.2, 0) is 11.2 Å². The van der Waals surface area contributed by atoms with Crippen molar-refractivity contribution in [1.29, 1.82) is 0 Å². The Balaban J connectivity index is 1.78. The molecule has 124 valence electrons. The van der Waals surface area contributed by atoms with Crippen LogP contribution in [0.4, 0.5) is 5.69 Å². The smallest absolute Gasteiger partial charge is 0.231 e. The summed E-state index contributed by atoms with van der Waals surface area (Å²) in [5.74, 6) is 0.925. The molecule has 2 aromatic carbocycles. The van der Waals surface area contributed by atoms with Crippen molar-refractivity contribution in [3.05, 3.63) is 59.2 Å². The fraction of sp³-hybridized carbons (Fsp3) is 0.300. The van der Waals surface area contributed by atoms with Gasteiger partial charge in [0.05, 0.1) is 18.7 Å². The summed E-state index contributed by atoms with van der Waals surface area (Å²) in [6, 6.07) is 13.3. The van der Waals surface area contributed by atoms with Gasteiger partial charge >= 0.3 is 0 Å². The molecule has 0 bridgehead atoms. The fourth-order valence-electron chi connectivity index (χ4n) is 2.98. The van der Waals surface area contributed by atoms with E-state index in [1.807, 2.05) is 56.3 Å². The van der Waals surface area contributed by atoms with E-state index in [9.17, 15) is 9.59 Å². The molecule has 0 fully saturated rings. The van der Waals surface area contributed by atoms with Gasteiger partial charge in [0.1, 0.15) is 5.75 Å². The van der Waals surface area contributed by atoms with E-state index in [0.717, 1.165) is 22.6 Å². The average Bonchev–Trinajstić information content (AvgIpc) is 2.57. The maximum Gasteiger partial charge on any atom is 0.231 e. The van der Waals surface area contributed by atoms with Gasteiger partial charge < -0.3 is 9.64 Å². The summed E-state index contributed by atoms with van der Waals surface area (Å²) >= 11 is 0. The highest BCUT2D eigenvalue weighted by Gasteiger charge is 2.27. The molecule has 3 rings (SSSR count). The van der Waals surface area contributed by atoms with Gasteiger partial charge in [0.25, 0.3) is 0 Å². The van der Waals surface area contributed by atoms with Gasteiger partial charge in [0.15, 0.2) is 5.78 Å². The lowest BCUT2D eigenvalue weighted by atomic mass is 9.97. The van der Waals surface area contributed by atoms with E-state index in [4.69, 9.17) is 4.74 Å². The number of Topliss-reactive ketones (excluding diaryl/α,β-unsaturated/α-hetero) is 1. The summed E-state index contributed by atoms with van der Waals surface area (Å²) in [6.45, 7) is 4.96. The lowest BCUT2D eigenvalue weighted by Gasteiger charge is -2.29. The molecule has 1 aliphatic rings. The minimum absolute atomic E-state index is 0.0109. The third kappa shape index (κ3) is 3.32. The zero-order chi connectivity index (χ0) is 17.1. The Labute approximate surface area is 142 Å². The van der Waals surface area contributed by atoms with Gasteiger partial charge in [-0.1, -0.05) is 23.8 Å². The van der Waals surface area contributed by atoms with Crippen LogP contribution >= 0.6 is 0 Å². The molecule has 24 heavy (non-hydrogen) atoms. The maximum atomic E-state index is 12.7. The van der Waals surface area contributed by atoms with Crippen molar-refractivity contribution in [3.8, 4) is 5.75 Å². The van der Waals surface area contributed by atoms with Crippen molar-refractivity contribution in [2.45, 2.75) is 26.7 Å². The molecule has 4 nitrogen and oxygen atoms in total. The first-order valence-electron chi connectivity index (χ1n) is 8.24. The molecule has 0 radical (unpaired) electrons. The van der Waals surface area contributed by atoms with Crippen LogP contribution in [0, 0.1) is 6.92 Å². The number of carbonyl (C=O) groups is 2. The van der Waals surface area contributed by atoms with Crippen LogP contribution in [0.25, 0.3) is 0 Å². The maximum absolute atomic E-state index is 12.7. The first kappa shape index (κ1) is 16.2. The Kier molecular flexibility index (Phi) is 4.65. The number of hydrogen-bond donors (Lipinski definition) is 0. The number of ether oxygens (including phenoxy) is 1. The molecule has 1 aliphatic heterocycles. The van der Waals surface area contributed by atoms with E-state index >= 15 is 0 Å². The second-order valence-corrected chi connectivity index (χ2v) is 5.99. The van der Waals surface area contributed by atoms with Crippen molar-refractivity contribution < 1.29 is 14.3 Å². The summed E-state index contributed by atoms with van der Waals surface area (Å²) < 4.78 is 5.42. The van der Waals surface area contributed by atoms with Gasteiger partial charge in [-0.25, -0.2) is 0 Å². The molecular weight excluding hydrogens is 302 g/mol. The van der Waals surface area contributed by atoms with E-state index in [2.05, 4.69) is 0 Å². The van der Waals surface area contributed by atoms with E-state index in [1.165, 1.54) is 0 Å². The van der Waals surface area contributed by atoms with Crippen LogP contribution < -0.4 is 9.64 Å². The number of anilines is 1. The monoisotopic (exact) mass is 323 g/mol. The topological polar surface area (TPSA) is 46.6 Å². The van der Waals surface area contributed by atoms with Gasteiger partial charge in [-0.15, -0.1) is 0 Å². The number of ketones is 1. The van der Waals surface area contributed by atoms with E-state index in [1.54, 1.807) is 4.90 Å². The summed E-state index contributed by atoms with van der Waals surface area (Å²) in [5, 5.41) is 0. The Bertz CT molecular complexity index is 765. The first-order valence-corrected chi connectivity index (χ1v) is 8.24. The van der Waals surface area contributed by atoms with Crippen molar-refractivity contribution in [3.63, 3.8) is 0 Å². The van der Waals surface area contributed by atoms with E-state index in [0.29, 0.717) is 31.6 Å². The summed E-state index contributed by atoms with van der Waals surface area (Å²) in [5.41, 5.74) is 3.35. The lowest BCUT2D eigenvalue weighted by molar-refractivity contribution is -0.118. The largest absolute Gasteiger partial charge is 0.494 e. The highest BCUT2D eigenvalue weighted by molar-refractivity contribution is 6.09. The highest BCUT2D eigenvalue weighted by Crippen LogP contribution is 2.28. The van der Waals surface area contributed by atoms with Crippen LogP contribution in [0.5, 0.6) is 5.75 Å². The molecule has 0 aliphatic carbocycles. The van der Waals surface area contributed by atoms with Crippen LogP contribution in [0.15, 0.2) is 42.5 Å². The normalized spacial score (nSPS) is 13.6. The lowest BCUT2D eigenvalue weighted by Crippen LogP contribution is -2.38. The molecule has 0 N–H and O–H groups in total. The minimum atomic E-state index is 0.0109. The average molecular weight is 323 g/mol. The fourth-order valence-corrected chi connectivity index (χ4v) is 2.98. The van der Waals surface area contributed by atoms with Crippen LogP contribution in [0.2, 0.25) is 0 Å². The van der Waals surface area contributed by atoms with Crippen molar-refractivity contribution in [2.75, 3.05) is 18.1 Å². The van der Waals surface area contributed by atoms with Gasteiger partial charge in [0, 0.05) is 18.5 Å². The third-order valence-electron chi connectivity index (χ3n) is 4.20. The van der Waals surface area contributed by atoms with Crippen molar-refractivity contribution >= 4 is 17.4 Å². The quantitative estimate of drug-likeness (QED) is 0.864. The molecule has 0 atom stereocenters. The Morgan fingerprint density at radius 3 is 2.62 bits per heavy atom. The zero-order valence-electron chi connectivity index (χ0n) is 14.0. The SMILES string of the molecule is CCOc1ccc(CC(=O)N2CCC(=O)c3cc(C)ccc32)cc1. The summed E-state index contributed by atoms with van der Waals surface area (Å²) in [4.78, 5) is 26.6. The number of hydrogen-bond acceptors (Lipinski definition) is 3. The van der Waals surface area contributed by atoms with Crippen molar-refractivity contribution in [1.82, 2.24) is 0 Å². The number of nitrogens with zero attached hydrogens (tertiary/aromatic N) is 1. The van der Waals surface area contributed by atoms with Crippen molar-refractivity contribution in [2.24, 2.45) is 0 Å². The molecule has 0 saturated heterocycles.